The minimum Gasteiger partial charge on any atom is -0.508 e. The zero-order valence-electron chi connectivity index (χ0n) is 10.4. The quantitative estimate of drug-likeness (QED) is 0.829. The summed E-state index contributed by atoms with van der Waals surface area (Å²) in [5, 5.41) is 11.6. The fraction of sp³-hybridized carbons (Fsp3) is 0.0714. The largest absolute Gasteiger partial charge is 0.508 e. The predicted octanol–water partition coefficient (Wildman–Crippen LogP) is 3.37. The van der Waals surface area contributed by atoms with Crippen molar-refractivity contribution in [3.05, 3.63) is 58.9 Å². The maximum absolute atomic E-state index is 13.4. The highest BCUT2D eigenvalue weighted by atomic mass is 19.2. The van der Waals surface area contributed by atoms with Crippen molar-refractivity contribution in [2.45, 2.75) is 6.92 Å². The molecule has 2 aromatic carbocycles. The van der Waals surface area contributed by atoms with Gasteiger partial charge in [-0.05, 0) is 24.6 Å². The lowest BCUT2D eigenvalue weighted by molar-refractivity contribution is 0.102. The van der Waals surface area contributed by atoms with Gasteiger partial charge in [0.1, 0.15) is 11.6 Å². The molecular formula is C14H10F3NO2. The van der Waals surface area contributed by atoms with E-state index in [4.69, 9.17) is 0 Å². The summed E-state index contributed by atoms with van der Waals surface area (Å²) in [6.07, 6.45) is 0. The molecular weight excluding hydrogens is 271 g/mol. The third-order valence-electron chi connectivity index (χ3n) is 2.73. The summed E-state index contributed by atoms with van der Waals surface area (Å²) < 4.78 is 39.1. The number of hydrogen-bond acceptors (Lipinski definition) is 2. The summed E-state index contributed by atoms with van der Waals surface area (Å²) in [7, 11) is 0. The van der Waals surface area contributed by atoms with Gasteiger partial charge in [-0.25, -0.2) is 13.2 Å². The van der Waals surface area contributed by atoms with E-state index in [1.54, 1.807) is 6.92 Å². The summed E-state index contributed by atoms with van der Waals surface area (Å²) in [6.45, 7) is 1.64. The van der Waals surface area contributed by atoms with Gasteiger partial charge in [0.2, 0.25) is 0 Å². The highest BCUT2D eigenvalue weighted by Gasteiger charge is 2.14. The Kier molecular flexibility index (Phi) is 3.65. The number of aromatic hydroxyl groups is 1. The van der Waals surface area contributed by atoms with Gasteiger partial charge in [0.05, 0.1) is 5.69 Å². The molecule has 0 aliphatic rings. The summed E-state index contributed by atoms with van der Waals surface area (Å²) in [5.74, 6) is -4.54. The average Bonchev–Trinajstić information content (AvgIpc) is 2.39. The number of phenolic OH excluding ortho intramolecular Hbond substituents is 1. The number of phenols is 1. The molecule has 0 radical (unpaired) electrons. The van der Waals surface area contributed by atoms with Crippen LogP contribution in [0, 0.1) is 24.4 Å². The fourth-order valence-electron chi connectivity index (χ4n) is 1.56. The van der Waals surface area contributed by atoms with Crippen LogP contribution in [0.25, 0.3) is 0 Å². The zero-order chi connectivity index (χ0) is 14.9. The van der Waals surface area contributed by atoms with E-state index in [0.717, 1.165) is 0 Å². The summed E-state index contributed by atoms with van der Waals surface area (Å²) in [6, 6.07) is 5.02. The van der Waals surface area contributed by atoms with Crippen molar-refractivity contribution in [3.63, 3.8) is 0 Å². The van der Waals surface area contributed by atoms with Crippen LogP contribution >= 0.6 is 0 Å². The normalized spacial score (nSPS) is 10.4. The van der Waals surface area contributed by atoms with Crippen LogP contribution < -0.4 is 5.32 Å². The number of hydrogen-bond donors (Lipinski definition) is 2. The number of aryl methyl sites for hydroxylation is 1. The molecule has 0 bridgehead atoms. The standard InChI is InChI=1S/C14H10F3NO2/c1-7-2-3-8(4-13(7)19)14(20)18-12-6-10(16)9(15)5-11(12)17/h2-6,19H,1H3,(H,18,20). The topological polar surface area (TPSA) is 49.3 Å². The Bertz CT molecular complexity index is 686. The van der Waals surface area contributed by atoms with Crippen LogP contribution in [-0.4, -0.2) is 11.0 Å². The number of rotatable bonds is 2. The monoisotopic (exact) mass is 281 g/mol. The summed E-state index contributed by atoms with van der Waals surface area (Å²) in [4.78, 5) is 11.8. The van der Waals surface area contributed by atoms with Gasteiger partial charge in [0.25, 0.3) is 5.91 Å². The first-order valence-electron chi connectivity index (χ1n) is 5.64. The molecule has 0 spiro atoms. The molecule has 0 saturated carbocycles. The molecule has 104 valence electrons. The molecule has 2 N–H and O–H groups in total. The van der Waals surface area contributed by atoms with E-state index >= 15 is 0 Å². The second-order valence-corrected chi connectivity index (χ2v) is 4.20. The number of carbonyl (C=O) groups excluding carboxylic acids is 1. The van der Waals surface area contributed by atoms with Gasteiger partial charge in [-0.1, -0.05) is 6.07 Å². The first-order valence-corrected chi connectivity index (χ1v) is 5.64. The van der Waals surface area contributed by atoms with Crippen molar-refractivity contribution in [1.29, 1.82) is 0 Å². The Morgan fingerprint density at radius 3 is 2.35 bits per heavy atom. The molecule has 1 amide bonds. The number of benzene rings is 2. The van der Waals surface area contributed by atoms with Crippen molar-refractivity contribution in [3.8, 4) is 5.75 Å². The number of amides is 1. The van der Waals surface area contributed by atoms with Gasteiger partial charge in [-0.3, -0.25) is 4.79 Å². The van der Waals surface area contributed by atoms with Gasteiger partial charge in [0, 0.05) is 17.7 Å². The second kappa shape index (κ2) is 5.24. The van der Waals surface area contributed by atoms with Crippen LogP contribution in [0.5, 0.6) is 5.75 Å². The zero-order valence-corrected chi connectivity index (χ0v) is 10.4. The van der Waals surface area contributed by atoms with Gasteiger partial charge in [0.15, 0.2) is 11.6 Å². The predicted molar refractivity (Wildman–Crippen MR) is 67.1 cm³/mol. The van der Waals surface area contributed by atoms with Gasteiger partial charge < -0.3 is 10.4 Å². The molecule has 0 aromatic heterocycles. The Morgan fingerprint density at radius 2 is 1.70 bits per heavy atom. The summed E-state index contributed by atoms with van der Waals surface area (Å²) >= 11 is 0. The molecule has 20 heavy (non-hydrogen) atoms. The van der Waals surface area contributed by atoms with Crippen LogP contribution in [0.15, 0.2) is 30.3 Å². The van der Waals surface area contributed by atoms with E-state index in [1.807, 2.05) is 0 Å². The van der Waals surface area contributed by atoms with Crippen molar-refractivity contribution < 1.29 is 23.1 Å². The molecule has 0 fully saturated rings. The van der Waals surface area contributed by atoms with Gasteiger partial charge >= 0.3 is 0 Å². The van der Waals surface area contributed by atoms with Crippen molar-refractivity contribution in [2.24, 2.45) is 0 Å². The number of halogens is 3. The van der Waals surface area contributed by atoms with Crippen LogP contribution in [-0.2, 0) is 0 Å². The van der Waals surface area contributed by atoms with Crippen molar-refractivity contribution >= 4 is 11.6 Å². The highest BCUT2D eigenvalue weighted by molar-refractivity contribution is 6.04. The highest BCUT2D eigenvalue weighted by Crippen LogP contribution is 2.21. The van der Waals surface area contributed by atoms with Crippen LogP contribution in [0.3, 0.4) is 0 Å². The van der Waals surface area contributed by atoms with Crippen LogP contribution in [0.2, 0.25) is 0 Å². The molecule has 3 nitrogen and oxygen atoms in total. The van der Waals surface area contributed by atoms with Crippen LogP contribution in [0.4, 0.5) is 18.9 Å². The molecule has 0 heterocycles. The minimum absolute atomic E-state index is 0.0669. The molecule has 0 atom stereocenters. The first kappa shape index (κ1) is 13.9. The van der Waals surface area contributed by atoms with Crippen LogP contribution in [0.1, 0.15) is 15.9 Å². The van der Waals surface area contributed by atoms with E-state index < -0.39 is 29.0 Å². The average molecular weight is 281 g/mol. The number of anilines is 1. The van der Waals surface area contributed by atoms with Crippen molar-refractivity contribution in [1.82, 2.24) is 0 Å². The van der Waals surface area contributed by atoms with E-state index in [9.17, 15) is 23.1 Å². The first-order chi connectivity index (χ1) is 9.38. The Labute approximate surface area is 112 Å². The molecule has 6 heteroatoms. The van der Waals surface area contributed by atoms with E-state index in [2.05, 4.69) is 5.32 Å². The molecule has 2 rings (SSSR count). The van der Waals surface area contributed by atoms with Gasteiger partial charge in [-0.15, -0.1) is 0 Å². The Hall–Kier alpha value is -2.50. The second-order valence-electron chi connectivity index (χ2n) is 4.20. The van der Waals surface area contributed by atoms with E-state index in [1.165, 1.54) is 18.2 Å². The third kappa shape index (κ3) is 2.74. The van der Waals surface area contributed by atoms with E-state index in [-0.39, 0.29) is 11.3 Å². The van der Waals surface area contributed by atoms with E-state index in [0.29, 0.717) is 17.7 Å². The lowest BCUT2D eigenvalue weighted by atomic mass is 10.1. The fourth-order valence-corrected chi connectivity index (χ4v) is 1.56. The number of nitrogens with one attached hydrogen (secondary N) is 1. The molecule has 0 unspecified atom stereocenters. The maximum atomic E-state index is 13.4. The molecule has 0 aliphatic heterocycles. The molecule has 0 aliphatic carbocycles. The third-order valence-corrected chi connectivity index (χ3v) is 2.73. The molecule has 0 saturated heterocycles. The Morgan fingerprint density at radius 1 is 1.05 bits per heavy atom. The number of carbonyl (C=O) groups is 1. The molecule has 2 aromatic rings. The lowest BCUT2D eigenvalue weighted by Gasteiger charge is -2.08. The van der Waals surface area contributed by atoms with Crippen molar-refractivity contribution in [2.75, 3.05) is 5.32 Å². The lowest BCUT2D eigenvalue weighted by Crippen LogP contribution is -2.13. The summed E-state index contributed by atoms with van der Waals surface area (Å²) in [5.41, 5.74) is 0.159. The Balaban J connectivity index is 2.27. The maximum Gasteiger partial charge on any atom is 0.255 e. The van der Waals surface area contributed by atoms with Gasteiger partial charge in [-0.2, -0.15) is 0 Å². The smallest absolute Gasteiger partial charge is 0.255 e. The SMILES string of the molecule is Cc1ccc(C(=O)Nc2cc(F)c(F)cc2F)cc1O. The minimum atomic E-state index is -1.34.